The van der Waals surface area contributed by atoms with E-state index in [1.165, 1.54) is 18.3 Å². The van der Waals surface area contributed by atoms with Gasteiger partial charge in [-0.3, -0.25) is 9.59 Å². The van der Waals surface area contributed by atoms with E-state index in [1.807, 2.05) is 30.3 Å². The second-order valence-electron chi connectivity index (χ2n) is 7.62. The van der Waals surface area contributed by atoms with E-state index in [9.17, 15) is 14.4 Å². The van der Waals surface area contributed by atoms with Crippen molar-refractivity contribution in [3.8, 4) is 0 Å². The Balaban J connectivity index is 1.81. The molecule has 0 spiro atoms. The average Bonchev–Trinajstić information content (AvgIpc) is 2.80. The van der Waals surface area contributed by atoms with Crippen molar-refractivity contribution in [3.63, 3.8) is 0 Å². The third-order valence-corrected chi connectivity index (χ3v) is 5.60. The minimum Gasteiger partial charge on any atom is -0.464 e. The predicted octanol–water partition coefficient (Wildman–Crippen LogP) is 1.88. The van der Waals surface area contributed by atoms with Gasteiger partial charge in [-0.1, -0.05) is 41.9 Å². The van der Waals surface area contributed by atoms with Crippen molar-refractivity contribution >= 4 is 29.4 Å². The summed E-state index contributed by atoms with van der Waals surface area (Å²) in [5.74, 6) is -1.36. The van der Waals surface area contributed by atoms with Gasteiger partial charge in [-0.25, -0.2) is 9.78 Å². The number of amides is 2. The quantitative estimate of drug-likeness (QED) is 0.411. The molecule has 32 heavy (non-hydrogen) atoms. The Labute approximate surface area is 192 Å². The lowest BCUT2D eigenvalue weighted by Gasteiger charge is -2.37. The molecule has 1 saturated heterocycles. The van der Waals surface area contributed by atoms with Crippen molar-refractivity contribution in [3.05, 3.63) is 64.9 Å². The topological polar surface area (TPSA) is 109 Å². The lowest BCUT2D eigenvalue weighted by Crippen LogP contribution is -2.64. The molecule has 3 N–H and O–H groups in total. The number of halogens is 1. The minimum atomic E-state index is -1.17. The number of rotatable bonds is 8. The zero-order valence-electron chi connectivity index (χ0n) is 17.9. The van der Waals surface area contributed by atoms with Gasteiger partial charge < -0.3 is 20.7 Å². The van der Waals surface area contributed by atoms with Crippen molar-refractivity contribution < 1.29 is 19.1 Å². The molecule has 3 rings (SSSR count). The first-order chi connectivity index (χ1) is 15.4. The lowest BCUT2D eigenvalue weighted by atomic mass is 9.86. The summed E-state index contributed by atoms with van der Waals surface area (Å²) in [5.41, 5.74) is 0.0297. The largest absolute Gasteiger partial charge is 0.464 e. The van der Waals surface area contributed by atoms with Gasteiger partial charge in [0.25, 0.3) is 5.91 Å². The summed E-state index contributed by atoms with van der Waals surface area (Å²) in [6.45, 7) is 3.02. The molecular formula is C23H27ClN4O4. The molecule has 1 fully saturated rings. The van der Waals surface area contributed by atoms with Gasteiger partial charge in [0.2, 0.25) is 5.91 Å². The third-order valence-electron chi connectivity index (χ3n) is 5.39. The van der Waals surface area contributed by atoms with Crippen LogP contribution in [-0.4, -0.2) is 54.0 Å². The molecule has 2 aromatic rings. The van der Waals surface area contributed by atoms with Crippen LogP contribution >= 0.6 is 11.6 Å². The monoisotopic (exact) mass is 458 g/mol. The molecule has 8 nitrogen and oxygen atoms in total. The molecule has 9 heteroatoms. The molecule has 0 bridgehead atoms. The summed E-state index contributed by atoms with van der Waals surface area (Å²) in [6, 6.07) is 11.5. The van der Waals surface area contributed by atoms with Crippen LogP contribution in [0.2, 0.25) is 5.15 Å². The summed E-state index contributed by atoms with van der Waals surface area (Å²) < 4.78 is 5.19. The molecule has 0 radical (unpaired) electrons. The molecule has 0 aliphatic carbocycles. The molecule has 2 heterocycles. The Kier molecular flexibility index (Phi) is 8.19. The Morgan fingerprint density at radius 3 is 2.56 bits per heavy atom. The molecule has 1 aromatic heterocycles. The molecule has 170 valence electrons. The van der Waals surface area contributed by atoms with E-state index < -0.39 is 29.4 Å². The number of hydrogen-bond donors (Lipinski definition) is 3. The second-order valence-corrected chi connectivity index (χ2v) is 8.01. The fourth-order valence-electron chi connectivity index (χ4n) is 3.68. The maximum absolute atomic E-state index is 13.5. The average molecular weight is 459 g/mol. The maximum atomic E-state index is 13.5. The normalized spacial score (nSPS) is 15.9. The highest BCUT2D eigenvalue weighted by Crippen LogP contribution is 2.21. The van der Waals surface area contributed by atoms with Crippen molar-refractivity contribution in [2.45, 2.75) is 37.8 Å². The van der Waals surface area contributed by atoms with Gasteiger partial charge in [0, 0.05) is 18.2 Å². The fourth-order valence-corrected chi connectivity index (χ4v) is 3.85. The Bertz CT molecular complexity index is 948. The van der Waals surface area contributed by atoms with Crippen LogP contribution in [0.25, 0.3) is 0 Å². The van der Waals surface area contributed by atoms with E-state index in [0.717, 1.165) is 5.56 Å². The first kappa shape index (κ1) is 23.7. The highest BCUT2D eigenvalue weighted by molar-refractivity contribution is 6.29. The first-order valence-electron chi connectivity index (χ1n) is 10.6. The van der Waals surface area contributed by atoms with E-state index in [0.29, 0.717) is 31.5 Å². The summed E-state index contributed by atoms with van der Waals surface area (Å²) >= 11 is 5.91. The van der Waals surface area contributed by atoms with Crippen molar-refractivity contribution in [1.29, 1.82) is 0 Å². The van der Waals surface area contributed by atoms with Gasteiger partial charge >= 0.3 is 5.97 Å². The van der Waals surface area contributed by atoms with Gasteiger partial charge in [0.05, 0.1) is 6.61 Å². The van der Waals surface area contributed by atoms with Gasteiger partial charge in [-0.05, 0) is 50.6 Å². The van der Waals surface area contributed by atoms with Crippen LogP contribution in [0.3, 0.4) is 0 Å². The molecule has 1 aromatic carbocycles. The molecule has 1 aliphatic rings. The van der Waals surface area contributed by atoms with Crippen LogP contribution in [0.4, 0.5) is 0 Å². The summed E-state index contributed by atoms with van der Waals surface area (Å²) in [5, 5.41) is 9.11. The number of ether oxygens (including phenoxy) is 1. The number of carbonyl (C=O) groups is 3. The Morgan fingerprint density at radius 2 is 1.91 bits per heavy atom. The number of piperidine rings is 1. The summed E-state index contributed by atoms with van der Waals surface area (Å²) in [4.78, 5) is 42.8. The number of esters is 1. The number of hydrogen-bond acceptors (Lipinski definition) is 6. The maximum Gasteiger partial charge on any atom is 0.328 e. The van der Waals surface area contributed by atoms with Gasteiger partial charge in [-0.2, -0.15) is 0 Å². The fraction of sp³-hybridized carbons (Fsp3) is 0.391. The van der Waals surface area contributed by atoms with Crippen LogP contribution < -0.4 is 16.0 Å². The van der Waals surface area contributed by atoms with Crippen molar-refractivity contribution in [2.75, 3.05) is 19.7 Å². The number of aromatic nitrogens is 1. The zero-order valence-corrected chi connectivity index (χ0v) is 18.7. The second kappa shape index (κ2) is 11.1. The number of nitrogens with one attached hydrogen (secondary N) is 3. The number of benzene rings is 1. The van der Waals surface area contributed by atoms with E-state index in [-0.39, 0.29) is 18.2 Å². The van der Waals surface area contributed by atoms with Crippen LogP contribution in [0.5, 0.6) is 0 Å². The number of carbonyl (C=O) groups excluding carboxylic acids is 3. The van der Waals surface area contributed by atoms with Crippen LogP contribution in [0.1, 0.15) is 35.7 Å². The van der Waals surface area contributed by atoms with Gasteiger partial charge in [-0.15, -0.1) is 0 Å². The Morgan fingerprint density at radius 1 is 1.19 bits per heavy atom. The highest BCUT2D eigenvalue weighted by Gasteiger charge is 2.42. The van der Waals surface area contributed by atoms with Crippen LogP contribution in [0.15, 0.2) is 48.7 Å². The van der Waals surface area contributed by atoms with Crippen LogP contribution in [0, 0.1) is 0 Å². The first-order valence-corrected chi connectivity index (χ1v) is 11.0. The molecule has 1 unspecified atom stereocenters. The van der Waals surface area contributed by atoms with Gasteiger partial charge in [0.1, 0.15) is 16.7 Å². The van der Waals surface area contributed by atoms with Crippen LogP contribution in [-0.2, 0) is 20.7 Å². The lowest BCUT2D eigenvalue weighted by molar-refractivity contribution is -0.148. The number of nitrogens with zero attached hydrogens (tertiary/aromatic N) is 1. The smallest absolute Gasteiger partial charge is 0.328 e. The Hall–Kier alpha value is -2.97. The van der Waals surface area contributed by atoms with E-state index in [1.54, 1.807) is 6.92 Å². The van der Waals surface area contributed by atoms with Crippen molar-refractivity contribution in [1.82, 2.24) is 20.9 Å². The molecular weight excluding hydrogens is 432 g/mol. The van der Waals surface area contributed by atoms with Crippen molar-refractivity contribution in [2.24, 2.45) is 0 Å². The third kappa shape index (κ3) is 6.05. The minimum absolute atomic E-state index is 0.187. The standard InChI is InChI=1S/C23H27ClN4O4/c1-2-32-21(30)18(14-16-6-4-3-5-7-16)27-22(31)23(9-12-25-13-10-23)28-20(29)17-8-11-26-19(24)15-17/h3-8,11,15,18,25H,2,9-10,12-14H2,1H3,(H,27,31)(H,28,29). The van der Waals surface area contributed by atoms with E-state index in [4.69, 9.17) is 16.3 Å². The molecule has 0 saturated carbocycles. The molecule has 1 aliphatic heterocycles. The van der Waals surface area contributed by atoms with E-state index >= 15 is 0 Å². The van der Waals surface area contributed by atoms with E-state index in [2.05, 4.69) is 20.9 Å². The zero-order chi connectivity index (χ0) is 23.0. The van der Waals surface area contributed by atoms with Gasteiger partial charge in [0.15, 0.2) is 0 Å². The highest BCUT2D eigenvalue weighted by atomic mass is 35.5. The SMILES string of the molecule is CCOC(=O)C(Cc1ccccc1)NC(=O)C1(NC(=O)c2ccnc(Cl)c2)CCNCC1. The summed E-state index contributed by atoms with van der Waals surface area (Å²) in [7, 11) is 0. The molecule has 1 atom stereocenters. The summed E-state index contributed by atoms with van der Waals surface area (Å²) in [6.07, 6.45) is 2.48. The molecule has 2 amide bonds. The predicted molar refractivity (Wildman–Crippen MR) is 120 cm³/mol. The number of pyridine rings is 1.